The van der Waals surface area contributed by atoms with Gasteiger partial charge in [0.1, 0.15) is 23.8 Å². The van der Waals surface area contributed by atoms with E-state index >= 15 is 0 Å². The van der Waals surface area contributed by atoms with Gasteiger partial charge in [0.2, 0.25) is 5.91 Å². The summed E-state index contributed by atoms with van der Waals surface area (Å²) in [5, 5.41) is 27.6. The maximum absolute atomic E-state index is 12.9. The monoisotopic (exact) mass is 548 g/mol. The number of halogens is 3. The molecule has 0 spiro atoms. The van der Waals surface area contributed by atoms with E-state index in [1.165, 1.54) is 18.7 Å². The lowest BCUT2D eigenvalue weighted by atomic mass is 10.0. The number of hydrogen-bond donors (Lipinski definition) is 4. The SMILES string of the molecule is CC[C@@H](C)NC(=O)[C@H]1C[C@@H](n2cnc3c(N[C@H]4CCN(c5ccc(C(F)(F)F)cn5)C4)ncnc32)[C@H](O)[C@@H]1O. The van der Waals surface area contributed by atoms with E-state index in [-0.39, 0.29) is 24.4 Å². The van der Waals surface area contributed by atoms with E-state index in [0.717, 1.165) is 18.7 Å². The zero-order chi connectivity index (χ0) is 27.9. The first-order chi connectivity index (χ1) is 18.6. The Morgan fingerprint density at radius 2 is 1.97 bits per heavy atom. The molecule has 3 aromatic heterocycles. The quantitative estimate of drug-likeness (QED) is 0.349. The average Bonchev–Trinajstić information content (AvgIpc) is 3.62. The largest absolute Gasteiger partial charge is 0.417 e. The van der Waals surface area contributed by atoms with Crippen molar-refractivity contribution in [2.75, 3.05) is 23.3 Å². The Balaban J connectivity index is 1.29. The Hall–Kier alpha value is -3.52. The van der Waals surface area contributed by atoms with Gasteiger partial charge in [0.25, 0.3) is 0 Å². The van der Waals surface area contributed by atoms with Crippen molar-refractivity contribution in [3.05, 3.63) is 36.5 Å². The number of hydrogen-bond acceptors (Lipinski definition) is 9. The van der Waals surface area contributed by atoms with Crippen molar-refractivity contribution in [3.8, 4) is 0 Å². The van der Waals surface area contributed by atoms with E-state index in [1.54, 1.807) is 4.57 Å². The summed E-state index contributed by atoms with van der Waals surface area (Å²) in [5.74, 6) is -0.123. The van der Waals surface area contributed by atoms with Crippen LogP contribution in [0, 0.1) is 5.92 Å². The molecule has 1 saturated carbocycles. The number of aliphatic hydroxyl groups excluding tert-OH is 2. The molecule has 39 heavy (non-hydrogen) atoms. The van der Waals surface area contributed by atoms with Gasteiger partial charge >= 0.3 is 6.18 Å². The van der Waals surface area contributed by atoms with E-state index in [4.69, 9.17) is 0 Å². The molecule has 6 atom stereocenters. The molecule has 0 aromatic carbocycles. The van der Waals surface area contributed by atoms with Gasteiger partial charge in [-0.05, 0) is 38.3 Å². The van der Waals surface area contributed by atoms with Gasteiger partial charge in [0, 0.05) is 31.4 Å². The number of nitrogens with one attached hydrogen (secondary N) is 2. The predicted octanol–water partition coefficient (Wildman–Crippen LogP) is 2.13. The van der Waals surface area contributed by atoms with Crippen LogP contribution in [-0.4, -0.2) is 78.0 Å². The lowest BCUT2D eigenvalue weighted by Gasteiger charge is -2.19. The molecule has 1 amide bonds. The predicted molar refractivity (Wildman–Crippen MR) is 136 cm³/mol. The van der Waals surface area contributed by atoms with Crippen LogP contribution in [0.25, 0.3) is 11.2 Å². The molecular formula is C25H31F3N8O3. The van der Waals surface area contributed by atoms with Gasteiger partial charge in [-0.15, -0.1) is 0 Å². The van der Waals surface area contributed by atoms with Crippen LogP contribution in [0.2, 0.25) is 0 Å². The Bertz CT molecular complexity index is 1320. The molecule has 210 valence electrons. The van der Waals surface area contributed by atoms with Gasteiger partial charge < -0.3 is 30.3 Å². The van der Waals surface area contributed by atoms with Crippen molar-refractivity contribution in [1.82, 2.24) is 29.8 Å². The maximum atomic E-state index is 12.9. The highest BCUT2D eigenvalue weighted by atomic mass is 19.4. The first-order valence-corrected chi connectivity index (χ1v) is 13.0. The Kier molecular flexibility index (Phi) is 7.33. The number of carbonyl (C=O) groups excluding carboxylic acids is 1. The third-order valence-corrected chi connectivity index (χ3v) is 7.63. The number of imidazole rings is 1. The first-order valence-electron chi connectivity index (χ1n) is 13.0. The molecule has 1 aliphatic heterocycles. The van der Waals surface area contributed by atoms with E-state index in [2.05, 4.69) is 30.6 Å². The summed E-state index contributed by atoms with van der Waals surface area (Å²) in [7, 11) is 0. The fourth-order valence-corrected chi connectivity index (χ4v) is 5.22. The van der Waals surface area contributed by atoms with Crippen molar-refractivity contribution in [2.24, 2.45) is 5.92 Å². The topological polar surface area (TPSA) is 141 Å². The highest BCUT2D eigenvalue weighted by molar-refractivity contribution is 5.83. The summed E-state index contributed by atoms with van der Waals surface area (Å²) in [6.07, 6.45) is -1.43. The van der Waals surface area contributed by atoms with Gasteiger partial charge in [-0.3, -0.25) is 4.79 Å². The maximum Gasteiger partial charge on any atom is 0.417 e. The number of carbonyl (C=O) groups is 1. The van der Waals surface area contributed by atoms with Gasteiger partial charge in [-0.1, -0.05) is 6.92 Å². The highest BCUT2D eigenvalue weighted by Gasteiger charge is 2.46. The highest BCUT2D eigenvalue weighted by Crippen LogP contribution is 2.38. The fraction of sp³-hybridized carbons (Fsp3) is 0.560. The van der Waals surface area contributed by atoms with E-state index in [0.29, 0.717) is 42.3 Å². The van der Waals surface area contributed by atoms with Gasteiger partial charge in [-0.2, -0.15) is 13.2 Å². The molecule has 2 aliphatic rings. The van der Waals surface area contributed by atoms with Crippen LogP contribution in [0.5, 0.6) is 0 Å². The number of anilines is 2. The summed E-state index contributed by atoms with van der Waals surface area (Å²) < 4.78 is 40.2. The molecule has 0 unspecified atom stereocenters. The molecule has 2 fully saturated rings. The van der Waals surface area contributed by atoms with Crippen LogP contribution in [0.3, 0.4) is 0 Å². The number of alkyl halides is 3. The smallest absolute Gasteiger partial charge is 0.390 e. The molecule has 4 N–H and O–H groups in total. The first kappa shape index (κ1) is 27.1. The Morgan fingerprint density at radius 3 is 2.67 bits per heavy atom. The molecule has 1 saturated heterocycles. The second-order valence-corrected chi connectivity index (χ2v) is 10.2. The van der Waals surface area contributed by atoms with E-state index < -0.39 is 35.9 Å². The van der Waals surface area contributed by atoms with Gasteiger partial charge in [0.15, 0.2) is 11.5 Å². The van der Waals surface area contributed by atoms with Crippen LogP contribution < -0.4 is 15.5 Å². The molecule has 0 radical (unpaired) electrons. The van der Waals surface area contributed by atoms with Gasteiger partial charge in [-0.25, -0.2) is 19.9 Å². The summed E-state index contributed by atoms with van der Waals surface area (Å²) in [4.78, 5) is 31.7. The summed E-state index contributed by atoms with van der Waals surface area (Å²) in [5.41, 5.74) is 0.130. The fourth-order valence-electron chi connectivity index (χ4n) is 5.22. The molecule has 14 heteroatoms. The number of aliphatic hydroxyl groups is 2. The van der Waals surface area contributed by atoms with Crippen molar-refractivity contribution >= 4 is 28.7 Å². The second kappa shape index (κ2) is 10.6. The van der Waals surface area contributed by atoms with Gasteiger partial charge in [0.05, 0.1) is 30.0 Å². The normalized spacial score (nSPS) is 26.2. The van der Waals surface area contributed by atoms with Crippen molar-refractivity contribution in [2.45, 2.75) is 69.6 Å². The number of nitrogens with zero attached hydrogens (tertiary/aromatic N) is 6. The summed E-state index contributed by atoms with van der Waals surface area (Å²) in [6, 6.07) is 1.68. The van der Waals surface area contributed by atoms with Crippen LogP contribution in [0.15, 0.2) is 31.0 Å². The third kappa shape index (κ3) is 5.35. The molecular weight excluding hydrogens is 517 g/mol. The molecule has 0 bridgehead atoms. The van der Waals surface area contributed by atoms with Crippen molar-refractivity contribution in [1.29, 1.82) is 0 Å². The average molecular weight is 549 g/mol. The lowest BCUT2D eigenvalue weighted by Crippen LogP contribution is -2.41. The summed E-state index contributed by atoms with van der Waals surface area (Å²) >= 11 is 0. The standard InChI is InChI=1S/C25H31F3N8O3/c1-3-13(2)33-24(39)16-8-17(21(38)20(16)37)36-12-32-19-22(30-11-31-23(19)36)34-15-6-7-35(10-15)18-5-4-14(9-29-18)25(26,27)28/h4-5,9,11-13,15-17,20-21,37-38H,3,6-8,10H2,1-2H3,(H,33,39)(H,30,31,34)/t13-,15+,16+,17-,20-,21+/m1/s1. The van der Waals surface area contributed by atoms with Crippen molar-refractivity contribution in [3.63, 3.8) is 0 Å². The van der Waals surface area contributed by atoms with Crippen molar-refractivity contribution < 1.29 is 28.2 Å². The number of rotatable bonds is 7. The minimum atomic E-state index is -4.43. The second-order valence-electron chi connectivity index (χ2n) is 10.2. The molecule has 5 rings (SSSR count). The number of pyridine rings is 1. The molecule has 3 aromatic rings. The van der Waals surface area contributed by atoms with Crippen LogP contribution in [0.1, 0.15) is 44.7 Å². The zero-order valence-electron chi connectivity index (χ0n) is 21.5. The lowest BCUT2D eigenvalue weighted by molar-refractivity contribution is -0.137. The molecule has 1 aliphatic carbocycles. The number of fused-ring (bicyclic) bond motifs is 1. The Labute approximate surface area is 222 Å². The molecule has 4 heterocycles. The number of aromatic nitrogens is 5. The summed E-state index contributed by atoms with van der Waals surface area (Å²) in [6.45, 7) is 4.94. The van der Waals surface area contributed by atoms with Crippen LogP contribution >= 0.6 is 0 Å². The van der Waals surface area contributed by atoms with E-state index in [1.807, 2.05) is 18.7 Å². The zero-order valence-corrected chi connectivity index (χ0v) is 21.5. The van der Waals surface area contributed by atoms with Crippen LogP contribution in [0.4, 0.5) is 24.8 Å². The van der Waals surface area contributed by atoms with E-state index in [9.17, 15) is 28.2 Å². The third-order valence-electron chi connectivity index (χ3n) is 7.63. The molecule has 11 nitrogen and oxygen atoms in total. The van der Waals surface area contributed by atoms with Crippen LogP contribution in [-0.2, 0) is 11.0 Å². The Morgan fingerprint density at radius 1 is 1.18 bits per heavy atom. The number of amides is 1. The minimum Gasteiger partial charge on any atom is -0.390 e. The minimum absolute atomic E-state index is 0.0436.